The fraction of sp³-hybridized carbons (Fsp3) is 0.333. The summed E-state index contributed by atoms with van der Waals surface area (Å²) in [5.41, 5.74) is 2.71. The van der Waals surface area contributed by atoms with Gasteiger partial charge in [-0.2, -0.15) is 0 Å². The lowest BCUT2D eigenvalue weighted by atomic mass is 10.1. The van der Waals surface area contributed by atoms with E-state index in [2.05, 4.69) is 20.7 Å². The minimum Gasteiger partial charge on any atom is -0.295 e. The number of Topliss-reactive ketones (excluding diaryl/α,β-unsaturated/α-hetero) is 2. The van der Waals surface area contributed by atoms with Gasteiger partial charge in [0.1, 0.15) is 0 Å². The van der Waals surface area contributed by atoms with Gasteiger partial charge < -0.3 is 0 Å². The second-order valence-electron chi connectivity index (χ2n) is 6.70. The van der Waals surface area contributed by atoms with E-state index in [1.54, 1.807) is 58.5 Å². The molecule has 152 valence electrons. The third-order valence-corrected chi connectivity index (χ3v) is 4.14. The monoisotopic (exact) mass is 394 g/mol. The maximum absolute atomic E-state index is 11.3. The zero-order chi connectivity index (χ0) is 21.2. The highest BCUT2D eigenvalue weighted by Gasteiger charge is 2.01. The molecule has 0 unspecified atom stereocenters. The summed E-state index contributed by atoms with van der Waals surface area (Å²) in [6.07, 6.45) is 0.831. The van der Waals surface area contributed by atoms with Crippen LogP contribution in [-0.2, 0) is 0 Å². The van der Waals surface area contributed by atoms with Crippen LogP contribution in [0, 0.1) is 0 Å². The number of benzene rings is 2. The molecule has 0 atom stereocenters. The van der Waals surface area contributed by atoms with Crippen molar-refractivity contribution in [1.29, 1.82) is 0 Å². The molecule has 8 nitrogen and oxygen atoms in total. The molecule has 29 heavy (non-hydrogen) atoms. The van der Waals surface area contributed by atoms with Crippen LogP contribution in [0.15, 0.2) is 69.2 Å². The molecule has 0 aromatic heterocycles. The van der Waals surface area contributed by atoms with Crippen molar-refractivity contribution in [3.8, 4) is 0 Å². The summed E-state index contributed by atoms with van der Waals surface area (Å²) in [4.78, 5) is 22.5. The third kappa shape index (κ3) is 7.61. The van der Waals surface area contributed by atoms with Gasteiger partial charge in [0.2, 0.25) is 0 Å². The van der Waals surface area contributed by atoms with E-state index in [-0.39, 0.29) is 11.6 Å². The average molecular weight is 394 g/mol. The Morgan fingerprint density at radius 1 is 0.690 bits per heavy atom. The largest absolute Gasteiger partial charge is 0.295 e. The lowest BCUT2D eigenvalue weighted by Crippen LogP contribution is -2.19. The Hall–Kier alpha value is -3.42. The molecule has 0 fully saturated rings. The first-order chi connectivity index (χ1) is 13.8. The maximum Gasteiger partial charge on any atom is 0.159 e. The van der Waals surface area contributed by atoms with Crippen LogP contribution in [0.3, 0.4) is 0 Å². The van der Waals surface area contributed by atoms with Gasteiger partial charge in [-0.15, -0.1) is 10.2 Å². The maximum atomic E-state index is 11.3. The molecule has 2 aromatic rings. The van der Waals surface area contributed by atoms with E-state index in [4.69, 9.17) is 0 Å². The Morgan fingerprint density at radius 3 is 1.34 bits per heavy atom. The van der Waals surface area contributed by atoms with Crippen LogP contribution < -0.4 is 0 Å². The molecule has 0 spiro atoms. The highest BCUT2D eigenvalue weighted by molar-refractivity contribution is 5.94. The number of hydrogen-bond donors (Lipinski definition) is 0. The first kappa shape index (κ1) is 21.9. The minimum absolute atomic E-state index is 0.0277. The first-order valence-electron chi connectivity index (χ1n) is 9.33. The molecule has 0 heterocycles. The Kier molecular flexibility index (Phi) is 8.14. The van der Waals surface area contributed by atoms with Gasteiger partial charge in [-0.25, -0.2) is 0 Å². The summed E-state index contributed by atoms with van der Waals surface area (Å²) in [6.45, 7) is 4.49. The van der Waals surface area contributed by atoms with Crippen molar-refractivity contribution < 1.29 is 9.59 Å². The smallest absolute Gasteiger partial charge is 0.159 e. The fourth-order valence-electron chi connectivity index (χ4n) is 2.40. The molecule has 0 amide bonds. The molecular weight excluding hydrogens is 368 g/mol. The van der Waals surface area contributed by atoms with Crippen LogP contribution in [0.25, 0.3) is 0 Å². The zero-order valence-corrected chi connectivity index (χ0v) is 17.2. The second kappa shape index (κ2) is 10.8. The normalized spacial score (nSPS) is 11.2. The second-order valence-corrected chi connectivity index (χ2v) is 6.70. The molecule has 8 heteroatoms. The quantitative estimate of drug-likeness (QED) is 0.321. The van der Waals surface area contributed by atoms with E-state index in [0.29, 0.717) is 35.6 Å². The van der Waals surface area contributed by atoms with Gasteiger partial charge in [-0.1, -0.05) is 10.4 Å². The van der Waals surface area contributed by atoms with Crippen LogP contribution in [-0.4, -0.2) is 48.8 Å². The van der Waals surface area contributed by atoms with Crippen LogP contribution >= 0.6 is 0 Å². The minimum atomic E-state index is 0.0277. The van der Waals surface area contributed by atoms with Crippen molar-refractivity contribution >= 4 is 22.9 Å². The van der Waals surface area contributed by atoms with E-state index in [9.17, 15) is 9.59 Å². The number of ketones is 2. The van der Waals surface area contributed by atoms with Crippen molar-refractivity contribution in [2.24, 2.45) is 20.7 Å². The molecule has 0 saturated heterocycles. The summed E-state index contributed by atoms with van der Waals surface area (Å²) >= 11 is 0. The van der Waals surface area contributed by atoms with Gasteiger partial charge in [0.15, 0.2) is 11.6 Å². The standard InChI is InChI=1S/C21H26N6O2/c1-16(28)18-6-10-20(11-7-18)22-24-26(3)14-5-15-27(4)25-23-21-12-8-19(9-13-21)17(2)29/h6-13H,5,14-15H2,1-4H3. The first-order valence-corrected chi connectivity index (χ1v) is 9.33. The van der Waals surface area contributed by atoms with Crippen molar-refractivity contribution in [2.45, 2.75) is 20.3 Å². The third-order valence-electron chi connectivity index (χ3n) is 4.14. The lowest BCUT2D eigenvalue weighted by Gasteiger charge is -2.14. The van der Waals surface area contributed by atoms with Crippen LogP contribution in [0.4, 0.5) is 11.4 Å². The summed E-state index contributed by atoms with van der Waals surface area (Å²) in [5, 5.41) is 20.1. The molecule has 2 rings (SSSR count). The van der Waals surface area contributed by atoms with Crippen LogP contribution in [0.1, 0.15) is 41.0 Å². The van der Waals surface area contributed by atoms with Crippen molar-refractivity contribution in [1.82, 2.24) is 10.0 Å². The Balaban J connectivity index is 1.73. The average Bonchev–Trinajstić information content (AvgIpc) is 2.71. The fourth-order valence-corrected chi connectivity index (χ4v) is 2.40. The molecule has 0 bridgehead atoms. The highest BCUT2D eigenvalue weighted by atomic mass is 16.1. The van der Waals surface area contributed by atoms with Gasteiger partial charge in [0.25, 0.3) is 0 Å². The van der Waals surface area contributed by atoms with Gasteiger partial charge in [-0.3, -0.25) is 19.6 Å². The highest BCUT2D eigenvalue weighted by Crippen LogP contribution is 2.15. The van der Waals surface area contributed by atoms with Gasteiger partial charge in [-0.05, 0) is 68.8 Å². The Morgan fingerprint density at radius 2 is 1.03 bits per heavy atom. The molecule has 0 radical (unpaired) electrons. The number of rotatable bonds is 10. The summed E-state index contributed by atoms with van der Waals surface area (Å²) < 4.78 is 0. The van der Waals surface area contributed by atoms with Gasteiger partial charge in [0, 0.05) is 38.3 Å². The molecule has 0 aliphatic rings. The van der Waals surface area contributed by atoms with E-state index < -0.39 is 0 Å². The van der Waals surface area contributed by atoms with Gasteiger partial charge in [0.05, 0.1) is 11.4 Å². The van der Waals surface area contributed by atoms with Gasteiger partial charge >= 0.3 is 0 Å². The molecule has 0 aliphatic heterocycles. The molecule has 0 N–H and O–H groups in total. The predicted octanol–water partition coefficient (Wildman–Crippen LogP) is 5.04. The summed E-state index contributed by atoms with van der Waals surface area (Å²) in [6, 6.07) is 14.0. The van der Waals surface area contributed by atoms with Crippen LogP contribution in [0.5, 0.6) is 0 Å². The van der Waals surface area contributed by atoms with Crippen molar-refractivity contribution in [2.75, 3.05) is 27.2 Å². The topological polar surface area (TPSA) is 90.1 Å². The van der Waals surface area contributed by atoms with Crippen molar-refractivity contribution in [3.05, 3.63) is 59.7 Å². The van der Waals surface area contributed by atoms with E-state index in [1.165, 1.54) is 13.8 Å². The summed E-state index contributed by atoms with van der Waals surface area (Å²) in [7, 11) is 3.71. The number of nitrogens with zero attached hydrogens (tertiary/aromatic N) is 6. The van der Waals surface area contributed by atoms with E-state index in [0.717, 1.165) is 6.42 Å². The number of carbonyl (C=O) groups is 2. The lowest BCUT2D eigenvalue weighted by molar-refractivity contribution is 0.100. The Bertz CT molecular complexity index is 802. The predicted molar refractivity (Wildman–Crippen MR) is 112 cm³/mol. The van der Waals surface area contributed by atoms with E-state index in [1.807, 2.05) is 14.1 Å². The number of carbonyl (C=O) groups excluding carboxylic acids is 2. The molecule has 0 aliphatic carbocycles. The molecule has 0 saturated carbocycles. The zero-order valence-electron chi connectivity index (χ0n) is 17.2. The SMILES string of the molecule is CC(=O)c1ccc(N=NN(C)CCCN(C)N=Nc2ccc(C(C)=O)cc2)cc1. The molecule has 2 aromatic carbocycles. The van der Waals surface area contributed by atoms with Crippen LogP contribution in [0.2, 0.25) is 0 Å². The van der Waals surface area contributed by atoms with E-state index >= 15 is 0 Å². The van der Waals surface area contributed by atoms with Crippen molar-refractivity contribution in [3.63, 3.8) is 0 Å². The summed E-state index contributed by atoms with van der Waals surface area (Å²) in [5.74, 6) is 0.0555. The number of hydrogen-bond acceptors (Lipinski definition) is 6. The Labute approximate surface area is 170 Å². The molecular formula is C21H26N6O2.